The van der Waals surface area contributed by atoms with Crippen molar-refractivity contribution in [2.45, 2.75) is 6.42 Å². The first-order valence-corrected chi connectivity index (χ1v) is 7.50. The molecule has 1 aromatic carbocycles. The summed E-state index contributed by atoms with van der Waals surface area (Å²) < 4.78 is 7.06. The lowest BCUT2D eigenvalue weighted by Crippen LogP contribution is -2.09. The van der Waals surface area contributed by atoms with Crippen LogP contribution < -0.4 is 5.73 Å². The Morgan fingerprint density at radius 1 is 1.26 bits per heavy atom. The fourth-order valence-electron chi connectivity index (χ4n) is 2.30. The first kappa shape index (κ1) is 15.7. The number of nitrogen functional groups attached to an aromatic ring is 1. The van der Waals surface area contributed by atoms with E-state index < -0.39 is 0 Å². The second kappa shape index (κ2) is 6.91. The number of aromatic nitrogens is 4. The highest BCUT2D eigenvalue weighted by Gasteiger charge is 2.13. The van der Waals surface area contributed by atoms with Crippen LogP contribution in [0.3, 0.4) is 0 Å². The maximum absolute atomic E-state index is 8.79. The van der Waals surface area contributed by atoms with Crippen LogP contribution in [-0.2, 0) is 11.2 Å². The molecule has 0 radical (unpaired) electrons. The zero-order valence-corrected chi connectivity index (χ0v) is 13.1. The minimum Gasteiger partial charge on any atom is -0.397 e. The number of hydrogen-bond donors (Lipinski definition) is 2. The molecule has 0 atom stereocenters. The number of nitrogens with two attached hydrogens (primary N) is 1. The predicted octanol–water partition coefficient (Wildman–Crippen LogP) is 1.60. The van der Waals surface area contributed by atoms with Crippen LogP contribution in [0, 0.1) is 0 Å². The van der Waals surface area contributed by atoms with Gasteiger partial charge in [0.2, 0.25) is 5.95 Å². The fourth-order valence-corrected chi connectivity index (χ4v) is 2.46. The Labute approximate surface area is 137 Å². The summed E-state index contributed by atoms with van der Waals surface area (Å²) in [5.41, 5.74) is 8.02. The highest BCUT2D eigenvalue weighted by molar-refractivity contribution is 6.34. The molecule has 3 N–H and O–H groups in total. The largest absolute Gasteiger partial charge is 0.397 e. The summed E-state index contributed by atoms with van der Waals surface area (Å²) in [5, 5.41) is 9.98. The topological polar surface area (TPSA) is 99.1 Å². The summed E-state index contributed by atoms with van der Waals surface area (Å²) in [5.74, 6) is 0.508. The molecular weight excluding hydrogens is 318 g/mol. The summed E-state index contributed by atoms with van der Waals surface area (Å²) in [6.45, 7) is 0.689. The second-order valence-electron chi connectivity index (χ2n) is 4.88. The van der Waals surface area contributed by atoms with Crippen LogP contribution >= 0.6 is 11.6 Å². The van der Waals surface area contributed by atoms with E-state index in [0.29, 0.717) is 35.2 Å². The average Bonchev–Trinajstić information content (AvgIpc) is 3.09. The number of anilines is 1. The van der Waals surface area contributed by atoms with Gasteiger partial charge >= 0.3 is 0 Å². The summed E-state index contributed by atoms with van der Waals surface area (Å²) in [6, 6.07) is 3.53. The minimum atomic E-state index is -0.0151. The normalized spacial score (nSPS) is 11.2. The van der Waals surface area contributed by atoms with Gasteiger partial charge in [-0.1, -0.05) is 11.6 Å². The van der Waals surface area contributed by atoms with Gasteiger partial charge in [-0.25, -0.2) is 15.0 Å². The number of ether oxygens (including phenoxy) is 1. The van der Waals surface area contributed by atoms with Gasteiger partial charge in [0, 0.05) is 24.2 Å². The van der Waals surface area contributed by atoms with Crippen LogP contribution in [0.25, 0.3) is 16.9 Å². The highest BCUT2D eigenvalue weighted by Crippen LogP contribution is 2.30. The smallest absolute Gasteiger partial charge is 0.235 e. The number of benzene rings is 1. The first-order chi connectivity index (χ1) is 11.2. The monoisotopic (exact) mass is 333 g/mol. The molecule has 2 heterocycles. The number of rotatable bonds is 6. The fraction of sp³-hybridized carbons (Fsp3) is 0.267. The summed E-state index contributed by atoms with van der Waals surface area (Å²) in [6.07, 6.45) is 5.60. The second-order valence-corrected chi connectivity index (χ2v) is 5.29. The predicted molar refractivity (Wildman–Crippen MR) is 87.7 cm³/mol. The third kappa shape index (κ3) is 3.26. The van der Waals surface area contributed by atoms with E-state index in [0.717, 1.165) is 11.1 Å². The molecule has 0 saturated carbocycles. The number of aliphatic hydroxyl groups excluding tert-OH is 1. The van der Waals surface area contributed by atoms with Crippen molar-refractivity contribution in [2.75, 3.05) is 25.6 Å². The van der Waals surface area contributed by atoms with Gasteiger partial charge in [-0.05, 0) is 12.1 Å². The quantitative estimate of drug-likeness (QED) is 0.525. The van der Waals surface area contributed by atoms with Gasteiger partial charge < -0.3 is 15.6 Å². The zero-order valence-electron chi connectivity index (χ0n) is 12.3. The van der Waals surface area contributed by atoms with E-state index in [1.807, 2.05) is 6.07 Å². The van der Waals surface area contributed by atoms with E-state index in [4.69, 9.17) is 27.2 Å². The summed E-state index contributed by atoms with van der Waals surface area (Å²) in [4.78, 5) is 13.1. The molecule has 0 amide bonds. The van der Waals surface area contributed by atoms with Crippen molar-refractivity contribution in [3.05, 3.63) is 41.6 Å². The lowest BCUT2D eigenvalue weighted by atomic mass is 10.1. The van der Waals surface area contributed by atoms with Crippen LogP contribution in [0.4, 0.5) is 5.69 Å². The van der Waals surface area contributed by atoms with Gasteiger partial charge in [0.1, 0.15) is 6.33 Å². The summed E-state index contributed by atoms with van der Waals surface area (Å²) >= 11 is 6.12. The van der Waals surface area contributed by atoms with Gasteiger partial charge in [0.15, 0.2) is 0 Å². The molecule has 0 aliphatic carbocycles. The van der Waals surface area contributed by atoms with E-state index in [1.54, 1.807) is 29.4 Å². The average molecular weight is 334 g/mol. The van der Waals surface area contributed by atoms with Gasteiger partial charge in [-0.3, -0.25) is 4.57 Å². The van der Waals surface area contributed by atoms with Crippen LogP contribution in [0.5, 0.6) is 0 Å². The van der Waals surface area contributed by atoms with Crippen LogP contribution in [0.1, 0.15) is 5.69 Å². The van der Waals surface area contributed by atoms with Crippen LogP contribution in [0.2, 0.25) is 5.02 Å². The van der Waals surface area contributed by atoms with Crippen molar-refractivity contribution in [2.24, 2.45) is 0 Å². The molecule has 0 aliphatic rings. The molecule has 3 aromatic rings. The molecule has 0 aliphatic heterocycles. The number of nitrogens with zero attached hydrogens (tertiary/aromatic N) is 4. The van der Waals surface area contributed by atoms with Crippen molar-refractivity contribution >= 4 is 28.2 Å². The number of hydrogen-bond acceptors (Lipinski definition) is 6. The standard InChI is InChI=1S/C15H16ClN5O2/c16-10-1-2-11-13(14(10)17)12(3-7-23-8-6-22)20-15(19-11)21-5-4-18-9-21/h1-2,4-5,9,22H,3,6-8,17H2. The molecular formula is C15H16ClN5O2. The molecule has 0 bridgehead atoms. The molecule has 0 unspecified atom stereocenters. The van der Waals surface area contributed by atoms with Crippen molar-refractivity contribution in [3.63, 3.8) is 0 Å². The summed E-state index contributed by atoms with van der Waals surface area (Å²) in [7, 11) is 0. The maximum atomic E-state index is 8.79. The third-order valence-corrected chi connectivity index (χ3v) is 3.70. The van der Waals surface area contributed by atoms with Gasteiger partial charge in [-0.15, -0.1) is 0 Å². The highest BCUT2D eigenvalue weighted by atomic mass is 35.5. The van der Waals surface area contributed by atoms with Gasteiger partial charge in [0.25, 0.3) is 0 Å². The van der Waals surface area contributed by atoms with Crippen molar-refractivity contribution in [3.8, 4) is 5.95 Å². The van der Waals surface area contributed by atoms with Gasteiger partial charge in [-0.2, -0.15) is 0 Å². The van der Waals surface area contributed by atoms with Crippen LogP contribution in [0.15, 0.2) is 30.9 Å². The van der Waals surface area contributed by atoms with E-state index in [-0.39, 0.29) is 13.2 Å². The lowest BCUT2D eigenvalue weighted by molar-refractivity contribution is 0.0942. The lowest BCUT2D eigenvalue weighted by Gasteiger charge is -2.12. The Kier molecular flexibility index (Phi) is 4.71. The molecule has 7 nitrogen and oxygen atoms in total. The molecule has 0 saturated heterocycles. The van der Waals surface area contributed by atoms with Crippen molar-refractivity contribution in [1.29, 1.82) is 0 Å². The van der Waals surface area contributed by atoms with E-state index >= 15 is 0 Å². The van der Waals surface area contributed by atoms with E-state index in [9.17, 15) is 0 Å². The Morgan fingerprint density at radius 2 is 2.13 bits per heavy atom. The number of aliphatic hydroxyl groups is 1. The Bertz CT molecular complexity index is 807. The van der Waals surface area contributed by atoms with E-state index in [2.05, 4.69) is 15.0 Å². The molecule has 0 spiro atoms. The first-order valence-electron chi connectivity index (χ1n) is 7.12. The van der Waals surface area contributed by atoms with Crippen molar-refractivity contribution < 1.29 is 9.84 Å². The molecule has 8 heteroatoms. The molecule has 0 fully saturated rings. The Hall–Kier alpha value is -2.22. The van der Waals surface area contributed by atoms with E-state index in [1.165, 1.54) is 0 Å². The SMILES string of the molecule is Nc1c(Cl)ccc2nc(-n3ccnc3)nc(CCOCCO)c12. The molecule has 2 aromatic heterocycles. The van der Waals surface area contributed by atoms with Crippen molar-refractivity contribution in [1.82, 2.24) is 19.5 Å². The number of imidazole rings is 1. The molecule has 3 rings (SSSR count). The van der Waals surface area contributed by atoms with Crippen LogP contribution in [-0.4, -0.2) is 44.4 Å². The Morgan fingerprint density at radius 3 is 2.87 bits per heavy atom. The van der Waals surface area contributed by atoms with Gasteiger partial charge in [0.05, 0.1) is 41.7 Å². The third-order valence-electron chi connectivity index (χ3n) is 3.37. The number of fused-ring (bicyclic) bond motifs is 1. The number of halogens is 1. The zero-order chi connectivity index (χ0) is 16.2. The molecule has 120 valence electrons. The molecule has 23 heavy (non-hydrogen) atoms. The maximum Gasteiger partial charge on any atom is 0.235 e. The minimum absolute atomic E-state index is 0.0151. The Balaban J connectivity index is 2.06.